The summed E-state index contributed by atoms with van der Waals surface area (Å²) in [6.45, 7) is 2.88. The van der Waals surface area contributed by atoms with Crippen molar-refractivity contribution < 1.29 is 9.59 Å². The smallest absolute Gasteiger partial charge is 0.326 e. The van der Waals surface area contributed by atoms with E-state index in [0.717, 1.165) is 4.57 Å². The van der Waals surface area contributed by atoms with Crippen molar-refractivity contribution in [3.63, 3.8) is 0 Å². The molecule has 0 aliphatic rings. The number of amides is 2. The van der Waals surface area contributed by atoms with Gasteiger partial charge in [-0.15, -0.1) is 0 Å². The molecule has 0 unspecified atom stereocenters. The summed E-state index contributed by atoms with van der Waals surface area (Å²) in [7, 11) is 0. The van der Waals surface area contributed by atoms with Crippen LogP contribution in [-0.4, -0.2) is 21.4 Å². The van der Waals surface area contributed by atoms with E-state index in [9.17, 15) is 19.2 Å². The summed E-state index contributed by atoms with van der Waals surface area (Å²) in [6, 6.07) is 12.1. The Morgan fingerprint density at radius 2 is 1.56 bits per heavy atom. The van der Waals surface area contributed by atoms with Crippen LogP contribution >= 0.6 is 0 Å². The third-order valence-corrected chi connectivity index (χ3v) is 4.08. The van der Waals surface area contributed by atoms with Crippen molar-refractivity contribution in [2.24, 2.45) is 0 Å². The van der Waals surface area contributed by atoms with Crippen molar-refractivity contribution in [1.29, 1.82) is 0 Å². The minimum atomic E-state index is -1.01. The Kier molecular flexibility index (Phi) is 4.89. The van der Waals surface area contributed by atoms with Gasteiger partial charge < -0.3 is 15.6 Å². The van der Waals surface area contributed by atoms with E-state index in [-0.39, 0.29) is 5.91 Å². The molecule has 0 bridgehead atoms. The zero-order valence-corrected chi connectivity index (χ0v) is 14.8. The molecule has 3 aromatic rings. The van der Waals surface area contributed by atoms with Crippen molar-refractivity contribution in [1.82, 2.24) is 9.55 Å². The molecule has 0 aliphatic carbocycles. The highest BCUT2D eigenvalue weighted by Crippen LogP contribution is 2.15. The van der Waals surface area contributed by atoms with Gasteiger partial charge in [-0.1, -0.05) is 12.1 Å². The van der Waals surface area contributed by atoms with E-state index in [1.165, 1.54) is 13.8 Å². The molecule has 3 rings (SSSR count). The number of carbonyl (C=O) groups excluding carboxylic acids is 2. The Labute approximate surface area is 153 Å². The number of nitrogens with zero attached hydrogens (tertiary/aromatic N) is 1. The normalized spacial score (nSPS) is 11.8. The number of rotatable bonds is 4. The lowest BCUT2D eigenvalue weighted by Gasteiger charge is -2.15. The lowest BCUT2D eigenvalue weighted by molar-refractivity contribution is -0.119. The van der Waals surface area contributed by atoms with Crippen LogP contribution in [0.2, 0.25) is 0 Å². The molecule has 1 atom stereocenters. The monoisotopic (exact) mass is 366 g/mol. The molecule has 0 radical (unpaired) electrons. The molecule has 0 aliphatic heterocycles. The van der Waals surface area contributed by atoms with Crippen molar-refractivity contribution in [3.8, 4) is 0 Å². The molecular formula is C19H18N4O4. The van der Waals surface area contributed by atoms with E-state index < -0.39 is 23.2 Å². The standard InChI is InChI=1S/C19H18N4O4/c1-11(17(25)21-14-9-7-13(8-10-14)20-12(2)24)23-18(26)15-5-3-4-6-16(15)22-19(23)27/h3-11H,1-2H3,(H,20,24)(H,21,25)(H,22,27)/t11-/m0/s1. The van der Waals surface area contributed by atoms with Crippen LogP contribution in [0, 0.1) is 0 Å². The van der Waals surface area contributed by atoms with E-state index in [1.54, 1.807) is 48.5 Å². The zero-order valence-electron chi connectivity index (χ0n) is 14.8. The fraction of sp³-hybridized carbons (Fsp3) is 0.158. The second-order valence-corrected chi connectivity index (χ2v) is 6.07. The van der Waals surface area contributed by atoms with E-state index in [0.29, 0.717) is 22.3 Å². The van der Waals surface area contributed by atoms with Crippen molar-refractivity contribution >= 4 is 34.1 Å². The molecule has 0 fully saturated rings. The Bertz CT molecular complexity index is 1130. The Morgan fingerprint density at radius 3 is 2.19 bits per heavy atom. The summed E-state index contributed by atoms with van der Waals surface area (Å²) in [5.74, 6) is -0.708. The summed E-state index contributed by atoms with van der Waals surface area (Å²) >= 11 is 0. The fourth-order valence-electron chi connectivity index (χ4n) is 2.73. The minimum Gasteiger partial charge on any atom is -0.326 e. The quantitative estimate of drug-likeness (QED) is 0.654. The van der Waals surface area contributed by atoms with Gasteiger partial charge >= 0.3 is 5.69 Å². The fourth-order valence-corrected chi connectivity index (χ4v) is 2.73. The largest absolute Gasteiger partial charge is 0.329 e. The number of nitrogens with one attached hydrogen (secondary N) is 3. The maximum absolute atomic E-state index is 12.6. The van der Waals surface area contributed by atoms with Crippen LogP contribution in [0.3, 0.4) is 0 Å². The Hall–Kier alpha value is -3.68. The highest BCUT2D eigenvalue weighted by Gasteiger charge is 2.20. The van der Waals surface area contributed by atoms with E-state index in [4.69, 9.17) is 0 Å². The van der Waals surface area contributed by atoms with E-state index >= 15 is 0 Å². The first-order chi connectivity index (χ1) is 12.9. The molecule has 8 heteroatoms. The highest BCUT2D eigenvalue weighted by molar-refractivity contribution is 5.94. The SMILES string of the molecule is CC(=O)Nc1ccc(NC(=O)[C@H](C)n2c(=O)[nH]c3ccccc3c2=O)cc1. The van der Waals surface area contributed by atoms with Gasteiger partial charge in [0.05, 0.1) is 10.9 Å². The van der Waals surface area contributed by atoms with Gasteiger partial charge in [0, 0.05) is 18.3 Å². The summed E-state index contributed by atoms with van der Waals surface area (Å²) < 4.78 is 0.892. The maximum atomic E-state index is 12.6. The van der Waals surface area contributed by atoms with Crippen LogP contribution in [0.4, 0.5) is 11.4 Å². The number of aromatic amines is 1. The number of hydrogen-bond acceptors (Lipinski definition) is 4. The van der Waals surface area contributed by atoms with Crippen LogP contribution in [-0.2, 0) is 9.59 Å². The first-order valence-corrected chi connectivity index (χ1v) is 8.29. The summed E-state index contributed by atoms with van der Waals surface area (Å²) in [4.78, 5) is 51.1. The average Bonchev–Trinajstić information content (AvgIpc) is 2.62. The van der Waals surface area contributed by atoms with Gasteiger partial charge in [0.15, 0.2) is 0 Å². The van der Waals surface area contributed by atoms with Gasteiger partial charge in [-0.2, -0.15) is 0 Å². The van der Waals surface area contributed by atoms with Gasteiger partial charge in [-0.25, -0.2) is 9.36 Å². The summed E-state index contributed by atoms with van der Waals surface area (Å²) in [6.07, 6.45) is 0. The van der Waals surface area contributed by atoms with Crippen LogP contribution < -0.4 is 21.9 Å². The highest BCUT2D eigenvalue weighted by atomic mass is 16.2. The zero-order chi connectivity index (χ0) is 19.6. The van der Waals surface area contributed by atoms with Gasteiger partial charge in [0.25, 0.3) is 5.56 Å². The molecule has 0 saturated heterocycles. The first-order valence-electron chi connectivity index (χ1n) is 8.29. The molecule has 0 spiro atoms. The van der Waals surface area contributed by atoms with Gasteiger partial charge in [0.1, 0.15) is 6.04 Å². The molecule has 3 N–H and O–H groups in total. The van der Waals surface area contributed by atoms with Gasteiger partial charge in [-0.3, -0.25) is 14.4 Å². The summed E-state index contributed by atoms with van der Waals surface area (Å²) in [5.41, 5.74) is 0.312. The van der Waals surface area contributed by atoms with E-state index in [2.05, 4.69) is 15.6 Å². The molecule has 138 valence electrons. The van der Waals surface area contributed by atoms with Crippen LogP contribution in [0.1, 0.15) is 19.9 Å². The predicted octanol–water partition coefficient (Wildman–Crippen LogP) is 1.85. The van der Waals surface area contributed by atoms with E-state index in [1.807, 2.05) is 0 Å². The van der Waals surface area contributed by atoms with Crippen molar-refractivity contribution in [3.05, 3.63) is 69.4 Å². The molecule has 1 heterocycles. The number of benzene rings is 2. The number of aromatic nitrogens is 2. The topological polar surface area (TPSA) is 113 Å². The lowest BCUT2D eigenvalue weighted by Crippen LogP contribution is -2.41. The van der Waals surface area contributed by atoms with Crippen molar-refractivity contribution in [2.75, 3.05) is 10.6 Å². The number of hydrogen-bond donors (Lipinski definition) is 3. The molecule has 2 amide bonds. The second-order valence-electron chi connectivity index (χ2n) is 6.07. The Balaban J connectivity index is 1.86. The number of anilines is 2. The van der Waals surface area contributed by atoms with Crippen LogP contribution in [0.5, 0.6) is 0 Å². The number of para-hydroxylation sites is 1. The van der Waals surface area contributed by atoms with Gasteiger partial charge in [0.2, 0.25) is 11.8 Å². The lowest BCUT2D eigenvalue weighted by atomic mass is 10.2. The predicted molar refractivity (Wildman–Crippen MR) is 103 cm³/mol. The number of H-pyrrole nitrogens is 1. The average molecular weight is 366 g/mol. The molecule has 27 heavy (non-hydrogen) atoms. The molecule has 0 saturated carbocycles. The molecular weight excluding hydrogens is 348 g/mol. The second kappa shape index (κ2) is 7.28. The molecule has 1 aromatic heterocycles. The summed E-state index contributed by atoms with van der Waals surface area (Å²) in [5, 5.41) is 5.61. The number of fused-ring (bicyclic) bond motifs is 1. The maximum Gasteiger partial charge on any atom is 0.329 e. The minimum absolute atomic E-state index is 0.199. The molecule has 8 nitrogen and oxygen atoms in total. The third kappa shape index (κ3) is 3.79. The van der Waals surface area contributed by atoms with Gasteiger partial charge in [-0.05, 0) is 43.3 Å². The van der Waals surface area contributed by atoms with Crippen LogP contribution in [0.15, 0.2) is 58.1 Å². The third-order valence-electron chi connectivity index (χ3n) is 4.08. The first kappa shape index (κ1) is 18.1. The number of carbonyl (C=O) groups is 2. The Morgan fingerprint density at radius 1 is 0.963 bits per heavy atom. The van der Waals surface area contributed by atoms with Crippen molar-refractivity contribution in [2.45, 2.75) is 19.9 Å². The van der Waals surface area contributed by atoms with Crippen LogP contribution in [0.25, 0.3) is 10.9 Å². The molecule has 2 aromatic carbocycles.